The van der Waals surface area contributed by atoms with Gasteiger partial charge in [-0.3, -0.25) is 9.59 Å². The predicted molar refractivity (Wildman–Crippen MR) is 136 cm³/mol. The van der Waals surface area contributed by atoms with Gasteiger partial charge in [0.05, 0.1) is 11.6 Å². The van der Waals surface area contributed by atoms with Crippen LogP contribution in [0.3, 0.4) is 0 Å². The van der Waals surface area contributed by atoms with Gasteiger partial charge >= 0.3 is 0 Å². The Balaban J connectivity index is 1.20. The van der Waals surface area contributed by atoms with Crippen LogP contribution in [0.5, 0.6) is 0 Å². The Bertz CT molecular complexity index is 1200. The highest BCUT2D eigenvalue weighted by Crippen LogP contribution is 2.31. The molecule has 0 radical (unpaired) electrons. The van der Waals surface area contributed by atoms with E-state index in [1.807, 2.05) is 36.6 Å². The van der Waals surface area contributed by atoms with Gasteiger partial charge in [-0.15, -0.1) is 0 Å². The maximum Gasteiger partial charge on any atom is 0.167 e. The van der Waals surface area contributed by atoms with Gasteiger partial charge in [0.2, 0.25) is 0 Å². The van der Waals surface area contributed by atoms with E-state index in [0.717, 1.165) is 22.8 Å². The highest BCUT2D eigenvalue weighted by Gasteiger charge is 2.25. The molecule has 0 N–H and O–H groups in total. The summed E-state index contributed by atoms with van der Waals surface area (Å²) in [6, 6.07) is 4.30. The third-order valence-corrected chi connectivity index (χ3v) is 7.74. The van der Waals surface area contributed by atoms with Crippen molar-refractivity contribution in [1.82, 2.24) is 9.38 Å². The number of hydrogen-bond acceptors (Lipinski definition) is 3. The molecular weight excluding hydrogens is 420 g/mol. The van der Waals surface area contributed by atoms with Crippen LogP contribution in [-0.4, -0.2) is 21.0 Å². The Morgan fingerprint density at radius 1 is 1.12 bits per heavy atom. The number of pyridine rings is 1. The second-order valence-electron chi connectivity index (χ2n) is 10.2. The maximum atomic E-state index is 12.8. The molecule has 0 aliphatic heterocycles. The van der Waals surface area contributed by atoms with Crippen molar-refractivity contribution < 1.29 is 9.59 Å². The highest BCUT2D eigenvalue weighted by molar-refractivity contribution is 6.09. The van der Waals surface area contributed by atoms with E-state index in [0.29, 0.717) is 24.3 Å². The molecule has 0 bridgehead atoms. The number of aromatic nitrogens is 2. The van der Waals surface area contributed by atoms with Gasteiger partial charge in [-0.2, -0.15) is 0 Å². The van der Waals surface area contributed by atoms with Gasteiger partial charge in [0.25, 0.3) is 0 Å². The third-order valence-electron chi connectivity index (χ3n) is 7.74. The minimum Gasteiger partial charge on any atom is -0.307 e. The molecule has 0 aromatic carbocycles. The maximum absolute atomic E-state index is 12.8. The second-order valence-corrected chi connectivity index (χ2v) is 10.2. The van der Waals surface area contributed by atoms with Gasteiger partial charge in [-0.05, 0) is 60.5 Å². The summed E-state index contributed by atoms with van der Waals surface area (Å²) >= 11 is 0. The fourth-order valence-corrected chi connectivity index (χ4v) is 5.57. The molecule has 176 valence electrons. The first-order valence-electron chi connectivity index (χ1n) is 12.9. The lowest BCUT2D eigenvalue weighted by atomic mass is 9.83. The van der Waals surface area contributed by atoms with E-state index in [1.54, 1.807) is 0 Å². The number of hydrogen-bond donors (Lipinski definition) is 0. The molecule has 2 unspecified atom stereocenters. The molecule has 3 aliphatic carbocycles. The molecule has 2 atom stereocenters. The number of Topliss-reactive ketones (excluding diaryl/α,β-unsaturated/α-hetero) is 1. The average molecular weight is 455 g/mol. The zero-order chi connectivity index (χ0) is 23.5. The number of fused-ring (bicyclic) bond motifs is 2. The van der Waals surface area contributed by atoms with Crippen LogP contribution >= 0.6 is 0 Å². The average Bonchev–Trinajstić information content (AvgIpc) is 3.28. The fourth-order valence-electron chi connectivity index (χ4n) is 5.57. The molecule has 0 amide bonds. The summed E-state index contributed by atoms with van der Waals surface area (Å²) in [4.78, 5) is 29.9. The summed E-state index contributed by atoms with van der Waals surface area (Å²) in [5, 5.41) is 0. The van der Waals surface area contributed by atoms with Crippen LogP contribution in [0.2, 0.25) is 0 Å². The molecule has 4 nitrogen and oxygen atoms in total. The normalized spacial score (nSPS) is 21.3. The smallest absolute Gasteiger partial charge is 0.167 e. The van der Waals surface area contributed by atoms with Crippen molar-refractivity contribution in [1.29, 1.82) is 0 Å². The lowest BCUT2D eigenvalue weighted by molar-refractivity contribution is -0.118. The van der Waals surface area contributed by atoms with Gasteiger partial charge in [0.15, 0.2) is 11.6 Å². The lowest BCUT2D eigenvalue weighted by Gasteiger charge is -2.23. The van der Waals surface area contributed by atoms with Crippen LogP contribution in [0, 0.1) is 11.8 Å². The summed E-state index contributed by atoms with van der Waals surface area (Å²) in [5.41, 5.74) is 4.59. The van der Waals surface area contributed by atoms with E-state index in [9.17, 15) is 9.59 Å². The first-order chi connectivity index (χ1) is 16.6. The van der Waals surface area contributed by atoms with Crippen molar-refractivity contribution >= 4 is 17.2 Å². The van der Waals surface area contributed by atoms with Crippen LogP contribution in [0.25, 0.3) is 5.65 Å². The van der Waals surface area contributed by atoms with Crippen molar-refractivity contribution in [3.05, 3.63) is 83.4 Å². The summed E-state index contributed by atoms with van der Waals surface area (Å²) in [7, 11) is 0. The summed E-state index contributed by atoms with van der Waals surface area (Å²) in [5.74, 6) is 1.20. The second kappa shape index (κ2) is 10.1. The van der Waals surface area contributed by atoms with Crippen LogP contribution in [0.4, 0.5) is 0 Å². The number of rotatable bonds is 8. The van der Waals surface area contributed by atoms with Crippen molar-refractivity contribution in [2.45, 2.75) is 70.6 Å². The highest BCUT2D eigenvalue weighted by atomic mass is 16.1. The number of aryl methyl sites for hydroxylation is 1. The van der Waals surface area contributed by atoms with Crippen molar-refractivity contribution in [2.75, 3.05) is 0 Å². The number of carbonyl (C=O) groups excluding carboxylic acids is 2. The number of ketones is 2. The van der Waals surface area contributed by atoms with E-state index >= 15 is 0 Å². The Morgan fingerprint density at radius 2 is 1.97 bits per heavy atom. The number of nitrogens with zero attached hydrogens (tertiary/aromatic N) is 2. The SMILES string of the molecule is CC(CCC1CCCCC1)c1ccc2nc(CCC(=O)C3=CC(=O)C4C=CC=CC4=C3)cn2c1. The van der Waals surface area contributed by atoms with Crippen LogP contribution in [0.1, 0.15) is 75.5 Å². The molecule has 34 heavy (non-hydrogen) atoms. The Morgan fingerprint density at radius 3 is 2.82 bits per heavy atom. The van der Waals surface area contributed by atoms with E-state index in [1.165, 1.54) is 56.6 Å². The number of imidazole rings is 1. The van der Waals surface area contributed by atoms with Crippen molar-refractivity contribution in [2.24, 2.45) is 11.8 Å². The summed E-state index contributed by atoms with van der Waals surface area (Å²) in [6.07, 6.45) is 25.7. The topological polar surface area (TPSA) is 51.4 Å². The van der Waals surface area contributed by atoms with Crippen molar-refractivity contribution in [3.8, 4) is 0 Å². The predicted octanol–water partition coefficient (Wildman–Crippen LogP) is 6.48. The van der Waals surface area contributed by atoms with Gasteiger partial charge in [-0.25, -0.2) is 4.98 Å². The largest absolute Gasteiger partial charge is 0.307 e. The molecule has 1 saturated carbocycles. The number of allylic oxidation sites excluding steroid dienone is 8. The zero-order valence-corrected chi connectivity index (χ0v) is 20.1. The molecule has 5 rings (SSSR count). The summed E-state index contributed by atoms with van der Waals surface area (Å²) < 4.78 is 2.10. The first kappa shape index (κ1) is 22.8. The molecular formula is C30H34N2O2. The lowest BCUT2D eigenvalue weighted by Crippen LogP contribution is -2.19. The van der Waals surface area contributed by atoms with Gasteiger partial charge in [0.1, 0.15) is 5.65 Å². The zero-order valence-electron chi connectivity index (χ0n) is 20.1. The van der Waals surface area contributed by atoms with E-state index in [2.05, 4.69) is 29.7 Å². The molecule has 1 fully saturated rings. The van der Waals surface area contributed by atoms with Gasteiger partial charge in [-0.1, -0.05) is 69.4 Å². The van der Waals surface area contributed by atoms with Crippen molar-refractivity contribution in [3.63, 3.8) is 0 Å². The monoisotopic (exact) mass is 454 g/mol. The Labute approximate surface area is 202 Å². The quantitative estimate of drug-likeness (QED) is 0.459. The minimum absolute atomic E-state index is 0.00340. The third kappa shape index (κ3) is 5.06. The number of carbonyl (C=O) groups is 2. The fraction of sp³-hybridized carbons (Fsp3) is 0.433. The van der Waals surface area contributed by atoms with Gasteiger partial charge < -0.3 is 4.40 Å². The van der Waals surface area contributed by atoms with Crippen LogP contribution < -0.4 is 0 Å². The standard InChI is InChI=1S/C30H34N2O2/c1-21(11-12-22-7-3-2-4-8-22)24-13-16-30-31-26(20-32(30)19-24)14-15-28(33)25-17-23-9-5-6-10-27(23)29(34)18-25/h5-6,9-10,13,16-22,27H,2-4,7-8,11-12,14-15H2,1H3. The van der Waals surface area contributed by atoms with Crippen LogP contribution in [-0.2, 0) is 16.0 Å². The van der Waals surface area contributed by atoms with E-state index in [4.69, 9.17) is 4.98 Å². The van der Waals surface area contributed by atoms with E-state index < -0.39 is 0 Å². The molecule has 3 aliphatic rings. The first-order valence-corrected chi connectivity index (χ1v) is 12.9. The summed E-state index contributed by atoms with van der Waals surface area (Å²) in [6.45, 7) is 2.33. The molecule has 2 aromatic rings. The van der Waals surface area contributed by atoms with Crippen LogP contribution in [0.15, 0.2) is 72.1 Å². The molecule has 0 spiro atoms. The minimum atomic E-state index is -0.237. The molecule has 2 aromatic heterocycles. The molecule has 4 heteroatoms. The van der Waals surface area contributed by atoms with E-state index in [-0.39, 0.29) is 17.5 Å². The molecule has 2 heterocycles. The Kier molecular flexibility index (Phi) is 6.75. The molecule has 0 saturated heterocycles. The Hall–Kier alpha value is -3.01. The van der Waals surface area contributed by atoms with Gasteiger partial charge in [0, 0.05) is 24.4 Å².